The molecule has 272 valence electrons. The average Bonchev–Trinajstić information content (AvgIpc) is 3.15. The Morgan fingerprint density at radius 1 is 0.843 bits per heavy atom. The summed E-state index contributed by atoms with van der Waals surface area (Å²) in [4.78, 5) is 17.1. The molecule has 2 aliphatic rings. The maximum atomic E-state index is 13.1. The van der Waals surface area contributed by atoms with Crippen LogP contribution in [0.1, 0.15) is 19.8 Å². The van der Waals surface area contributed by atoms with Crippen LogP contribution in [0.4, 0.5) is 28.8 Å². The van der Waals surface area contributed by atoms with Gasteiger partial charge in [-0.1, -0.05) is 19.1 Å². The second-order valence-electron chi connectivity index (χ2n) is 12.7. The lowest BCUT2D eigenvalue weighted by Gasteiger charge is -2.42. The van der Waals surface area contributed by atoms with Crippen LogP contribution < -0.4 is 34.5 Å². The number of nitrogens with zero attached hydrogens (tertiary/aromatic N) is 5. The number of likely N-dealkylation sites (N-methyl/N-ethyl adjacent to an activating group) is 1. The van der Waals surface area contributed by atoms with Gasteiger partial charge in [-0.15, -0.1) is 0 Å². The number of para-hydroxylation sites is 1. The molecule has 13 nitrogen and oxygen atoms in total. The topological polar surface area (TPSA) is 133 Å². The van der Waals surface area contributed by atoms with Crippen LogP contribution in [0.2, 0.25) is 0 Å². The SMILES string of the molecule is CCNS(=O)(=O)c1ccccc1Nc1nc(Nc2ccc(N3CCC(N4CCN(C)CC4)CC3)c(OC)c2)ncc1-c1cc(OC)cc(OC)c1. The largest absolute Gasteiger partial charge is 0.497 e. The number of methoxy groups -OCH3 is 3. The van der Waals surface area contributed by atoms with Gasteiger partial charge in [-0.05, 0) is 61.9 Å². The lowest BCUT2D eigenvalue weighted by Crippen LogP contribution is -2.52. The van der Waals surface area contributed by atoms with Gasteiger partial charge in [0.1, 0.15) is 28.0 Å². The van der Waals surface area contributed by atoms with E-state index in [4.69, 9.17) is 19.2 Å². The summed E-state index contributed by atoms with van der Waals surface area (Å²) in [6, 6.07) is 18.8. The van der Waals surface area contributed by atoms with Crippen LogP contribution in [0, 0.1) is 0 Å². The van der Waals surface area contributed by atoms with Gasteiger partial charge >= 0.3 is 0 Å². The van der Waals surface area contributed by atoms with Gasteiger partial charge in [0.15, 0.2) is 0 Å². The van der Waals surface area contributed by atoms with E-state index in [1.165, 1.54) is 0 Å². The number of nitrogens with one attached hydrogen (secondary N) is 3. The Kier molecular flexibility index (Phi) is 11.5. The number of anilines is 5. The Morgan fingerprint density at radius 3 is 2.22 bits per heavy atom. The molecule has 0 aliphatic carbocycles. The molecular weight excluding hydrogens is 669 g/mol. The number of benzene rings is 3. The maximum absolute atomic E-state index is 13.1. The summed E-state index contributed by atoms with van der Waals surface area (Å²) >= 11 is 0. The third-order valence-corrected chi connectivity index (χ3v) is 11.1. The first-order valence-corrected chi connectivity index (χ1v) is 18.8. The molecule has 2 aliphatic heterocycles. The van der Waals surface area contributed by atoms with Crippen molar-refractivity contribution >= 4 is 38.9 Å². The highest BCUT2D eigenvalue weighted by Crippen LogP contribution is 2.37. The number of rotatable bonds is 13. The summed E-state index contributed by atoms with van der Waals surface area (Å²) in [6.07, 6.45) is 3.94. The zero-order valence-corrected chi connectivity index (χ0v) is 30.8. The maximum Gasteiger partial charge on any atom is 0.242 e. The van der Waals surface area contributed by atoms with E-state index in [0.29, 0.717) is 40.6 Å². The van der Waals surface area contributed by atoms with Gasteiger partial charge in [-0.25, -0.2) is 18.1 Å². The van der Waals surface area contributed by atoms with Gasteiger partial charge in [-0.2, -0.15) is 4.98 Å². The molecule has 3 heterocycles. The molecule has 1 aromatic heterocycles. The van der Waals surface area contributed by atoms with Crippen molar-refractivity contribution in [2.45, 2.75) is 30.7 Å². The molecular formula is C37H48N8O5S. The van der Waals surface area contributed by atoms with Crippen molar-refractivity contribution in [3.63, 3.8) is 0 Å². The monoisotopic (exact) mass is 716 g/mol. The fourth-order valence-corrected chi connectivity index (χ4v) is 7.92. The fraction of sp³-hybridized carbons (Fsp3) is 0.405. The van der Waals surface area contributed by atoms with Crippen molar-refractivity contribution in [3.05, 3.63) is 66.9 Å². The number of sulfonamides is 1. The third-order valence-electron chi connectivity index (χ3n) is 9.51. The standard InChI is InChI=1S/C37H48N8O5S/c1-6-39-51(46,47)35-10-8-7-9-32(35)41-36-31(26-21-29(48-3)24-30(22-26)49-4)25-38-37(42-36)40-27-11-12-33(34(23-27)50-5)45-15-13-28(14-16-45)44-19-17-43(2)18-20-44/h7-12,21-25,28,39H,6,13-20H2,1-5H3,(H2,38,40,41,42). The number of hydrogen-bond acceptors (Lipinski definition) is 12. The molecule has 0 unspecified atom stereocenters. The Labute approximate surface area is 301 Å². The van der Waals surface area contributed by atoms with E-state index in [-0.39, 0.29) is 11.4 Å². The molecule has 0 atom stereocenters. The quantitative estimate of drug-likeness (QED) is 0.169. The Morgan fingerprint density at radius 2 is 1.55 bits per heavy atom. The highest BCUT2D eigenvalue weighted by molar-refractivity contribution is 7.89. The van der Waals surface area contributed by atoms with Gasteiger partial charge in [0.05, 0.1) is 32.7 Å². The average molecular weight is 717 g/mol. The molecule has 14 heteroatoms. The minimum atomic E-state index is -3.78. The zero-order chi connectivity index (χ0) is 36.0. The first-order chi connectivity index (χ1) is 24.7. The number of piperazine rings is 1. The summed E-state index contributed by atoms with van der Waals surface area (Å²) in [6.45, 7) is 8.48. The minimum Gasteiger partial charge on any atom is -0.497 e. The number of aromatic nitrogens is 2. The molecule has 0 radical (unpaired) electrons. The van der Waals surface area contributed by atoms with Crippen LogP contribution in [0.15, 0.2) is 71.8 Å². The van der Waals surface area contributed by atoms with Crippen LogP contribution in [-0.4, -0.2) is 108 Å². The molecule has 2 saturated heterocycles. The first kappa shape index (κ1) is 36.2. The van der Waals surface area contributed by atoms with E-state index in [1.807, 2.05) is 24.3 Å². The third kappa shape index (κ3) is 8.47. The highest BCUT2D eigenvalue weighted by Gasteiger charge is 2.28. The van der Waals surface area contributed by atoms with Crippen molar-refractivity contribution < 1.29 is 22.6 Å². The predicted molar refractivity (Wildman–Crippen MR) is 202 cm³/mol. The van der Waals surface area contributed by atoms with Crippen LogP contribution in [0.3, 0.4) is 0 Å². The van der Waals surface area contributed by atoms with E-state index in [0.717, 1.165) is 74.8 Å². The van der Waals surface area contributed by atoms with E-state index in [2.05, 4.69) is 48.2 Å². The molecule has 0 bridgehead atoms. The van der Waals surface area contributed by atoms with Crippen molar-refractivity contribution in [1.82, 2.24) is 24.5 Å². The van der Waals surface area contributed by atoms with Crippen molar-refractivity contribution in [2.75, 3.05) is 89.7 Å². The second-order valence-corrected chi connectivity index (χ2v) is 14.5. The van der Waals surface area contributed by atoms with E-state index >= 15 is 0 Å². The van der Waals surface area contributed by atoms with E-state index in [9.17, 15) is 8.42 Å². The van der Waals surface area contributed by atoms with Crippen LogP contribution in [0.25, 0.3) is 11.1 Å². The predicted octanol–water partition coefficient (Wildman–Crippen LogP) is 5.17. The van der Waals surface area contributed by atoms with E-state index in [1.54, 1.807) is 64.8 Å². The van der Waals surface area contributed by atoms with E-state index < -0.39 is 10.0 Å². The molecule has 6 rings (SSSR count). The normalized spacial score (nSPS) is 16.1. The molecule has 3 N–H and O–H groups in total. The lowest BCUT2D eigenvalue weighted by molar-refractivity contribution is 0.0981. The summed E-state index contributed by atoms with van der Waals surface area (Å²) < 4.78 is 45.8. The second kappa shape index (κ2) is 16.1. The van der Waals surface area contributed by atoms with Gasteiger partial charge in [0.25, 0.3) is 0 Å². The van der Waals surface area contributed by atoms with Crippen molar-refractivity contribution in [1.29, 1.82) is 0 Å². The molecule has 0 amide bonds. The summed E-state index contributed by atoms with van der Waals surface area (Å²) in [7, 11) is 3.27. The molecule has 2 fully saturated rings. The lowest BCUT2D eigenvalue weighted by atomic mass is 10.0. The Bertz CT molecular complexity index is 1890. The van der Waals surface area contributed by atoms with Gasteiger partial charge in [0.2, 0.25) is 16.0 Å². The number of ether oxygens (including phenoxy) is 3. The van der Waals surface area contributed by atoms with Gasteiger partial charge in [0, 0.05) is 81.4 Å². The summed E-state index contributed by atoms with van der Waals surface area (Å²) in [5, 5.41) is 6.61. The molecule has 0 spiro atoms. The number of piperidine rings is 1. The minimum absolute atomic E-state index is 0.0991. The molecule has 51 heavy (non-hydrogen) atoms. The van der Waals surface area contributed by atoms with Crippen molar-refractivity contribution in [3.8, 4) is 28.4 Å². The highest BCUT2D eigenvalue weighted by atomic mass is 32.2. The smallest absolute Gasteiger partial charge is 0.242 e. The van der Waals surface area contributed by atoms with Crippen LogP contribution in [0.5, 0.6) is 17.2 Å². The van der Waals surface area contributed by atoms with Crippen molar-refractivity contribution in [2.24, 2.45) is 0 Å². The Hall–Kier alpha value is -4.63. The molecule has 4 aromatic rings. The zero-order valence-electron chi connectivity index (χ0n) is 30.0. The number of hydrogen-bond donors (Lipinski definition) is 3. The summed E-state index contributed by atoms with van der Waals surface area (Å²) in [5.74, 6) is 2.63. The van der Waals surface area contributed by atoms with Gasteiger partial charge < -0.3 is 34.6 Å². The fourth-order valence-electron chi connectivity index (χ4n) is 6.72. The molecule has 3 aromatic carbocycles. The Balaban J connectivity index is 1.28. The van der Waals surface area contributed by atoms with Crippen LogP contribution >= 0.6 is 0 Å². The first-order valence-electron chi connectivity index (χ1n) is 17.3. The summed E-state index contributed by atoms with van der Waals surface area (Å²) in [5.41, 5.74) is 3.50. The van der Waals surface area contributed by atoms with Gasteiger partial charge in [-0.3, -0.25) is 4.90 Å². The molecule has 0 saturated carbocycles. The van der Waals surface area contributed by atoms with Crippen LogP contribution in [-0.2, 0) is 10.0 Å².